The van der Waals surface area contributed by atoms with Crippen molar-refractivity contribution in [1.82, 2.24) is 14.7 Å². The minimum absolute atomic E-state index is 0.635. The second kappa shape index (κ2) is 6.33. The van der Waals surface area contributed by atoms with Crippen LogP contribution in [0.25, 0.3) is 5.65 Å². The normalized spacial score (nSPS) is 10.9. The molecule has 0 radical (unpaired) electrons. The van der Waals surface area contributed by atoms with Crippen LogP contribution in [0.4, 0.5) is 0 Å². The lowest BCUT2D eigenvalue weighted by Gasteiger charge is -2.04. The highest BCUT2D eigenvalue weighted by Crippen LogP contribution is 2.03. The quantitative estimate of drug-likeness (QED) is 0.599. The van der Waals surface area contributed by atoms with Crippen LogP contribution in [0.3, 0.4) is 0 Å². The standard InChI is InChI=1S/C14H19N3O/c1-12(2)11-18-8-6-15-9-13-10-17-7-4-3-5-14(17)16-13/h3-5,7,10,15H,1,6,8-9,11H2,2H3. The lowest BCUT2D eigenvalue weighted by Crippen LogP contribution is -2.19. The maximum Gasteiger partial charge on any atom is 0.137 e. The summed E-state index contributed by atoms with van der Waals surface area (Å²) in [7, 11) is 0. The van der Waals surface area contributed by atoms with E-state index in [0.717, 1.165) is 30.0 Å². The average Bonchev–Trinajstić information content (AvgIpc) is 2.75. The van der Waals surface area contributed by atoms with E-state index in [9.17, 15) is 0 Å². The topological polar surface area (TPSA) is 38.6 Å². The van der Waals surface area contributed by atoms with Crippen LogP contribution >= 0.6 is 0 Å². The monoisotopic (exact) mass is 245 g/mol. The van der Waals surface area contributed by atoms with E-state index in [1.807, 2.05) is 41.9 Å². The number of nitrogens with one attached hydrogen (secondary N) is 1. The van der Waals surface area contributed by atoms with Gasteiger partial charge in [0.25, 0.3) is 0 Å². The smallest absolute Gasteiger partial charge is 0.137 e. The van der Waals surface area contributed by atoms with Crippen molar-refractivity contribution in [3.63, 3.8) is 0 Å². The molecule has 0 amide bonds. The second-order valence-electron chi connectivity index (χ2n) is 4.38. The molecule has 0 bridgehead atoms. The van der Waals surface area contributed by atoms with E-state index in [-0.39, 0.29) is 0 Å². The highest BCUT2D eigenvalue weighted by atomic mass is 16.5. The second-order valence-corrected chi connectivity index (χ2v) is 4.38. The van der Waals surface area contributed by atoms with Crippen molar-refractivity contribution in [3.05, 3.63) is 48.4 Å². The molecule has 0 fully saturated rings. The third-order valence-corrected chi connectivity index (χ3v) is 2.49. The molecule has 0 aromatic carbocycles. The molecule has 2 aromatic heterocycles. The van der Waals surface area contributed by atoms with Gasteiger partial charge in [-0.25, -0.2) is 4.98 Å². The summed E-state index contributed by atoms with van der Waals surface area (Å²) in [5.41, 5.74) is 3.07. The molecule has 4 heteroatoms. The third-order valence-electron chi connectivity index (χ3n) is 2.49. The van der Waals surface area contributed by atoms with Crippen LogP contribution in [-0.2, 0) is 11.3 Å². The fourth-order valence-corrected chi connectivity index (χ4v) is 1.68. The maximum absolute atomic E-state index is 5.40. The van der Waals surface area contributed by atoms with Crippen molar-refractivity contribution in [2.45, 2.75) is 13.5 Å². The number of pyridine rings is 1. The van der Waals surface area contributed by atoms with Crippen molar-refractivity contribution in [2.24, 2.45) is 0 Å². The molecule has 2 aromatic rings. The molecule has 0 unspecified atom stereocenters. The number of nitrogens with zero attached hydrogens (tertiary/aromatic N) is 2. The summed E-state index contributed by atoms with van der Waals surface area (Å²) in [5, 5.41) is 3.31. The summed E-state index contributed by atoms with van der Waals surface area (Å²) < 4.78 is 7.43. The van der Waals surface area contributed by atoms with Gasteiger partial charge in [0, 0.05) is 25.5 Å². The molecule has 96 valence electrons. The van der Waals surface area contributed by atoms with Crippen LogP contribution in [0.1, 0.15) is 12.6 Å². The first-order chi connectivity index (χ1) is 8.75. The van der Waals surface area contributed by atoms with E-state index >= 15 is 0 Å². The van der Waals surface area contributed by atoms with E-state index in [2.05, 4.69) is 16.9 Å². The van der Waals surface area contributed by atoms with E-state index in [1.165, 1.54) is 0 Å². The molecule has 0 aliphatic carbocycles. The van der Waals surface area contributed by atoms with Crippen molar-refractivity contribution >= 4 is 5.65 Å². The average molecular weight is 245 g/mol. The molecule has 0 saturated heterocycles. The van der Waals surface area contributed by atoms with Crippen LogP contribution in [0.15, 0.2) is 42.7 Å². The van der Waals surface area contributed by atoms with Crippen LogP contribution in [0.2, 0.25) is 0 Å². The minimum atomic E-state index is 0.635. The van der Waals surface area contributed by atoms with E-state index in [4.69, 9.17) is 4.74 Å². The first-order valence-electron chi connectivity index (χ1n) is 6.11. The Hall–Kier alpha value is -1.65. The molecule has 0 atom stereocenters. The molecule has 2 heterocycles. The summed E-state index contributed by atoms with van der Waals surface area (Å²) in [6.07, 6.45) is 4.04. The number of hydrogen-bond acceptors (Lipinski definition) is 3. The van der Waals surface area contributed by atoms with Gasteiger partial charge in [-0.2, -0.15) is 0 Å². The minimum Gasteiger partial charge on any atom is -0.376 e. The van der Waals surface area contributed by atoms with Crippen molar-refractivity contribution in [1.29, 1.82) is 0 Å². The number of hydrogen-bond donors (Lipinski definition) is 1. The summed E-state index contributed by atoms with van der Waals surface area (Å²) >= 11 is 0. The lowest BCUT2D eigenvalue weighted by atomic mass is 10.4. The highest BCUT2D eigenvalue weighted by Gasteiger charge is 1.99. The predicted octanol–water partition coefficient (Wildman–Crippen LogP) is 2.02. The van der Waals surface area contributed by atoms with Gasteiger partial charge in [0.15, 0.2) is 0 Å². The first-order valence-corrected chi connectivity index (χ1v) is 6.11. The largest absolute Gasteiger partial charge is 0.376 e. The van der Waals surface area contributed by atoms with Gasteiger partial charge in [-0.3, -0.25) is 0 Å². The zero-order chi connectivity index (χ0) is 12.8. The number of rotatable bonds is 7. The molecular formula is C14H19N3O. The van der Waals surface area contributed by atoms with Crippen molar-refractivity contribution < 1.29 is 4.74 Å². The van der Waals surface area contributed by atoms with Gasteiger partial charge in [-0.1, -0.05) is 18.2 Å². The van der Waals surface area contributed by atoms with Gasteiger partial charge in [0.05, 0.1) is 18.9 Å². The third kappa shape index (κ3) is 3.68. The van der Waals surface area contributed by atoms with Gasteiger partial charge < -0.3 is 14.5 Å². The maximum atomic E-state index is 5.40. The summed E-state index contributed by atoms with van der Waals surface area (Å²) in [6.45, 7) is 8.66. The van der Waals surface area contributed by atoms with Gasteiger partial charge in [0.2, 0.25) is 0 Å². The Morgan fingerprint density at radius 1 is 1.50 bits per heavy atom. The molecule has 0 aliphatic heterocycles. The van der Waals surface area contributed by atoms with Gasteiger partial charge >= 0.3 is 0 Å². The number of ether oxygens (including phenoxy) is 1. The van der Waals surface area contributed by atoms with Gasteiger partial charge in [-0.05, 0) is 19.1 Å². The Balaban J connectivity index is 1.72. The Bertz CT molecular complexity index is 485. The number of aromatic nitrogens is 2. The van der Waals surface area contributed by atoms with Crippen LogP contribution in [0.5, 0.6) is 0 Å². The van der Waals surface area contributed by atoms with Crippen molar-refractivity contribution in [2.75, 3.05) is 19.8 Å². The van der Waals surface area contributed by atoms with Gasteiger partial charge in [0.1, 0.15) is 5.65 Å². The van der Waals surface area contributed by atoms with E-state index < -0.39 is 0 Å². The zero-order valence-corrected chi connectivity index (χ0v) is 10.7. The van der Waals surface area contributed by atoms with E-state index in [0.29, 0.717) is 13.2 Å². The Morgan fingerprint density at radius 3 is 3.17 bits per heavy atom. The highest BCUT2D eigenvalue weighted by molar-refractivity contribution is 5.39. The molecule has 4 nitrogen and oxygen atoms in total. The molecule has 0 aliphatic rings. The molecule has 18 heavy (non-hydrogen) atoms. The molecular weight excluding hydrogens is 226 g/mol. The molecule has 1 N–H and O–H groups in total. The Labute approximate surface area is 107 Å². The summed E-state index contributed by atoms with van der Waals surface area (Å²) in [6, 6.07) is 5.99. The SMILES string of the molecule is C=C(C)COCCNCc1cn2ccccc2n1. The fourth-order valence-electron chi connectivity index (χ4n) is 1.68. The molecule has 2 rings (SSSR count). The van der Waals surface area contributed by atoms with Crippen LogP contribution < -0.4 is 5.32 Å². The fraction of sp³-hybridized carbons (Fsp3) is 0.357. The number of fused-ring (bicyclic) bond motifs is 1. The first kappa shape index (κ1) is 12.8. The molecule has 0 saturated carbocycles. The molecule has 0 spiro atoms. The lowest BCUT2D eigenvalue weighted by molar-refractivity contribution is 0.157. The van der Waals surface area contributed by atoms with E-state index in [1.54, 1.807) is 0 Å². The number of imidazole rings is 1. The Morgan fingerprint density at radius 2 is 2.39 bits per heavy atom. The zero-order valence-electron chi connectivity index (χ0n) is 10.7. The van der Waals surface area contributed by atoms with Gasteiger partial charge in [-0.15, -0.1) is 0 Å². The summed E-state index contributed by atoms with van der Waals surface area (Å²) in [5.74, 6) is 0. The van der Waals surface area contributed by atoms with Crippen molar-refractivity contribution in [3.8, 4) is 0 Å². The van der Waals surface area contributed by atoms with Crippen LogP contribution in [0, 0.1) is 0 Å². The Kier molecular flexibility index (Phi) is 4.50. The van der Waals surface area contributed by atoms with Crippen LogP contribution in [-0.4, -0.2) is 29.1 Å². The predicted molar refractivity (Wildman–Crippen MR) is 72.5 cm³/mol. The summed E-state index contributed by atoms with van der Waals surface area (Å²) in [4.78, 5) is 4.50.